The molecule has 2 rings (SSSR count). The Morgan fingerprint density at radius 1 is 1.48 bits per heavy atom. The zero-order chi connectivity index (χ0) is 16.0. The van der Waals surface area contributed by atoms with Crippen molar-refractivity contribution >= 4 is 6.03 Å². The molecule has 2 atom stereocenters. The van der Waals surface area contributed by atoms with Crippen molar-refractivity contribution in [2.24, 2.45) is 5.73 Å². The fourth-order valence-corrected chi connectivity index (χ4v) is 3.10. The van der Waals surface area contributed by atoms with Gasteiger partial charge in [-0.05, 0) is 32.0 Å². The van der Waals surface area contributed by atoms with E-state index in [1.54, 1.807) is 32.3 Å². The average molecular weight is 290 g/mol. The van der Waals surface area contributed by atoms with Crippen LogP contribution < -0.4 is 10.5 Å². The number of carbonyl (C=O) groups excluding carboxylic acids is 1. The zero-order valence-corrected chi connectivity index (χ0v) is 12.6. The fourth-order valence-electron chi connectivity index (χ4n) is 3.10. The fraction of sp³-hybridized carbons (Fsp3) is 0.467. The first-order valence-corrected chi connectivity index (χ1v) is 6.66. The number of primary amides is 1. The molecule has 0 spiro atoms. The van der Waals surface area contributed by atoms with Crippen LogP contribution in [0.5, 0.6) is 5.75 Å². The summed E-state index contributed by atoms with van der Waals surface area (Å²) < 4.78 is 5.73. The van der Waals surface area contributed by atoms with Gasteiger partial charge in [-0.15, -0.1) is 0 Å². The molecule has 6 heteroatoms. The van der Waals surface area contributed by atoms with Crippen LogP contribution in [-0.4, -0.2) is 41.4 Å². The topological polar surface area (TPSA) is 96.3 Å². The largest absolute Gasteiger partial charge is 0.481 e. The van der Waals surface area contributed by atoms with Gasteiger partial charge in [-0.1, -0.05) is 0 Å². The van der Waals surface area contributed by atoms with E-state index in [1.165, 1.54) is 0 Å². The molecule has 0 radical (unpaired) electrons. The molecule has 1 aliphatic rings. The normalized spacial score (nSPS) is 23.6. The van der Waals surface area contributed by atoms with Crippen LogP contribution in [0.1, 0.15) is 31.1 Å². The number of quaternary nitrogens is 1. The highest BCUT2D eigenvalue weighted by Crippen LogP contribution is 2.43. The lowest BCUT2D eigenvalue weighted by molar-refractivity contribution is -0.849. The van der Waals surface area contributed by atoms with Crippen molar-refractivity contribution < 1.29 is 19.1 Å². The summed E-state index contributed by atoms with van der Waals surface area (Å²) in [6, 6.07) is 5.77. The molecule has 3 N–H and O–H groups in total. The first-order chi connectivity index (χ1) is 9.61. The number of amides is 2. The summed E-state index contributed by atoms with van der Waals surface area (Å²) >= 11 is 0. The smallest absolute Gasteiger partial charge is 0.413 e. The van der Waals surface area contributed by atoms with E-state index in [4.69, 9.17) is 15.7 Å². The highest BCUT2D eigenvalue weighted by Gasteiger charge is 2.54. The van der Waals surface area contributed by atoms with Gasteiger partial charge in [0.05, 0.1) is 25.7 Å². The lowest BCUT2D eigenvalue weighted by Crippen LogP contribution is -2.68. The maximum Gasteiger partial charge on any atom is 0.413 e. The number of rotatable bonds is 1. The third-order valence-corrected chi connectivity index (χ3v) is 4.11. The Hall–Kier alpha value is -2.10. The summed E-state index contributed by atoms with van der Waals surface area (Å²) in [7, 11) is 3.28. The Morgan fingerprint density at radius 3 is 2.62 bits per heavy atom. The Balaban J connectivity index is 2.59. The lowest BCUT2D eigenvalue weighted by atomic mass is 9.83. The van der Waals surface area contributed by atoms with E-state index < -0.39 is 23.8 Å². The Labute approximate surface area is 123 Å². The summed E-state index contributed by atoms with van der Waals surface area (Å²) in [6.45, 7) is 3.62. The van der Waals surface area contributed by atoms with Gasteiger partial charge in [0.25, 0.3) is 0 Å². The van der Waals surface area contributed by atoms with E-state index in [9.17, 15) is 9.90 Å². The van der Waals surface area contributed by atoms with Crippen LogP contribution in [0, 0.1) is 11.3 Å². The third kappa shape index (κ3) is 2.35. The van der Waals surface area contributed by atoms with Gasteiger partial charge in [0, 0.05) is 5.56 Å². The number of hydrogen-bond acceptors (Lipinski definition) is 4. The Kier molecular flexibility index (Phi) is 3.44. The molecule has 0 aromatic heterocycles. The van der Waals surface area contributed by atoms with Gasteiger partial charge < -0.3 is 15.6 Å². The van der Waals surface area contributed by atoms with Crippen molar-refractivity contribution in [1.29, 1.82) is 5.26 Å². The molecule has 112 valence electrons. The Bertz CT molecular complexity index is 632. The van der Waals surface area contributed by atoms with E-state index in [0.29, 0.717) is 16.9 Å². The molecule has 6 nitrogen and oxygen atoms in total. The van der Waals surface area contributed by atoms with E-state index in [2.05, 4.69) is 0 Å². The minimum atomic E-state index is -0.959. The van der Waals surface area contributed by atoms with Crippen LogP contribution in [0.25, 0.3) is 0 Å². The predicted molar refractivity (Wildman–Crippen MR) is 76.3 cm³/mol. The van der Waals surface area contributed by atoms with Gasteiger partial charge in [0.15, 0.2) is 11.6 Å². The number of aliphatic hydroxyl groups is 1. The molecule has 1 heterocycles. The maximum absolute atomic E-state index is 11.8. The van der Waals surface area contributed by atoms with Gasteiger partial charge in [-0.2, -0.15) is 5.26 Å². The van der Waals surface area contributed by atoms with Crippen LogP contribution in [0.2, 0.25) is 0 Å². The molecule has 1 aromatic carbocycles. The third-order valence-electron chi connectivity index (χ3n) is 4.11. The SMILES string of the molecule is CC1(C)Oc2ccc(C#N)cc2[C@H](O)[C@H]1[N+](C)(C)C(N)=O. The quantitative estimate of drug-likeness (QED) is 0.762. The molecule has 0 aliphatic carbocycles. The van der Waals surface area contributed by atoms with Gasteiger partial charge >= 0.3 is 6.03 Å². The van der Waals surface area contributed by atoms with Crippen molar-refractivity contribution in [3.8, 4) is 11.8 Å². The predicted octanol–water partition coefficient (Wildman–Crippen LogP) is 1.29. The average Bonchev–Trinajstić information content (AvgIpc) is 2.36. The standard InChI is InChI=1S/C15H19N3O3/c1-15(2)13(18(3,4)14(17)20)12(19)10-7-9(8-16)5-6-11(10)21-15/h5-7,12-13,19H,1-4H3,(H-,17,20)/p+1/t12-,13+/m0/s1. The number of likely N-dealkylation sites (N-methyl/N-ethyl adjacent to an activating group) is 1. The molecular formula is C15H20N3O3+. The number of nitriles is 1. The zero-order valence-electron chi connectivity index (χ0n) is 12.6. The van der Waals surface area contributed by atoms with Crippen LogP contribution in [0.3, 0.4) is 0 Å². The van der Waals surface area contributed by atoms with Crippen LogP contribution in [0.4, 0.5) is 4.79 Å². The van der Waals surface area contributed by atoms with Gasteiger partial charge in [0.1, 0.15) is 11.9 Å². The van der Waals surface area contributed by atoms with Crippen LogP contribution in [0.15, 0.2) is 18.2 Å². The summed E-state index contributed by atoms with van der Waals surface area (Å²) in [6.07, 6.45) is -0.959. The Morgan fingerprint density at radius 2 is 2.10 bits per heavy atom. The van der Waals surface area contributed by atoms with Crippen molar-refractivity contribution in [2.45, 2.75) is 31.6 Å². The molecule has 0 saturated carbocycles. The second kappa shape index (κ2) is 4.72. The van der Waals surface area contributed by atoms with E-state index >= 15 is 0 Å². The number of benzene rings is 1. The number of nitrogens with zero attached hydrogens (tertiary/aromatic N) is 2. The highest BCUT2D eigenvalue weighted by molar-refractivity contribution is 5.64. The van der Waals surface area contributed by atoms with Crippen molar-refractivity contribution in [2.75, 3.05) is 14.1 Å². The monoisotopic (exact) mass is 290 g/mol. The first kappa shape index (κ1) is 15.3. The number of nitrogens with two attached hydrogens (primary N) is 1. The number of carbonyl (C=O) groups is 1. The highest BCUT2D eigenvalue weighted by atomic mass is 16.5. The van der Waals surface area contributed by atoms with Crippen LogP contribution in [-0.2, 0) is 0 Å². The summed E-state index contributed by atoms with van der Waals surface area (Å²) in [5.41, 5.74) is 5.62. The summed E-state index contributed by atoms with van der Waals surface area (Å²) in [5, 5.41) is 19.7. The molecular weight excluding hydrogens is 270 g/mol. The van der Waals surface area contributed by atoms with Crippen molar-refractivity contribution in [3.63, 3.8) is 0 Å². The molecule has 1 aromatic rings. The van der Waals surface area contributed by atoms with Gasteiger partial charge in [-0.25, -0.2) is 9.28 Å². The minimum Gasteiger partial charge on any atom is -0.481 e. The molecule has 1 aliphatic heterocycles. The molecule has 2 amide bonds. The number of ether oxygens (including phenoxy) is 1. The minimum absolute atomic E-state index is 0.218. The molecule has 0 saturated heterocycles. The molecule has 21 heavy (non-hydrogen) atoms. The number of urea groups is 1. The van der Waals surface area contributed by atoms with Gasteiger partial charge in [-0.3, -0.25) is 0 Å². The molecule has 0 unspecified atom stereocenters. The van der Waals surface area contributed by atoms with Gasteiger partial charge in [0.2, 0.25) is 0 Å². The van der Waals surface area contributed by atoms with E-state index in [-0.39, 0.29) is 4.48 Å². The maximum atomic E-state index is 11.8. The number of fused-ring (bicyclic) bond motifs is 1. The molecule has 0 fully saturated rings. The first-order valence-electron chi connectivity index (χ1n) is 6.66. The van der Waals surface area contributed by atoms with Crippen molar-refractivity contribution in [1.82, 2.24) is 0 Å². The second-order valence-electron chi connectivity index (χ2n) is 6.34. The van der Waals surface area contributed by atoms with Crippen LogP contribution >= 0.6 is 0 Å². The summed E-state index contributed by atoms with van der Waals surface area (Å²) in [5.74, 6) is 0.521. The van der Waals surface area contributed by atoms with Crippen molar-refractivity contribution in [3.05, 3.63) is 29.3 Å². The second-order valence-corrected chi connectivity index (χ2v) is 6.34. The molecule has 0 bridgehead atoms. The van der Waals surface area contributed by atoms with E-state index in [0.717, 1.165) is 0 Å². The number of hydrogen-bond donors (Lipinski definition) is 2. The lowest BCUT2D eigenvalue weighted by Gasteiger charge is -2.48. The van der Waals surface area contributed by atoms with E-state index in [1.807, 2.05) is 19.9 Å². The number of aliphatic hydroxyl groups excluding tert-OH is 1. The summed E-state index contributed by atoms with van der Waals surface area (Å²) in [4.78, 5) is 11.8.